The number of fused-ring (bicyclic) bond motifs is 3. The van der Waals surface area contributed by atoms with Crippen LogP contribution in [0.5, 0.6) is 0 Å². The number of carboxylic acid groups (broad SMARTS) is 1. The Balaban J connectivity index is 0.000000144. The number of aromatic carboxylic acids is 1. The van der Waals surface area contributed by atoms with Gasteiger partial charge in [0, 0.05) is 79.5 Å². The number of ether oxygens (including phenoxy) is 2. The molecule has 1 atom stereocenters. The molecule has 0 radical (unpaired) electrons. The summed E-state index contributed by atoms with van der Waals surface area (Å²) < 4.78 is 14.5. The second-order valence-electron chi connectivity index (χ2n) is 17.7. The molecule has 386 valence electrons. The Kier molecular flexibility index (Phi) is 19.1. The smallest absolute Gasteiger partial charge is 0.435 e. The number of carbonyl (C=O) groups is 3. The molecule has 1 fully saturated rings. The summed E-state index contributed by atoms with van der Waals surface area (Å²) in [6.07, 6.45) is 9.49. The Bertz CT molecular complexity index is 3420. The van der Waals surface area contributed by atoms with Crippen LogP contribution in [0.4, 0.5) is 27.8 Å². The highest BCUT2D eigenvalue weighted by atomic mass is 79.9. The lowest BCUT2D eigenvalue weighted by atomic mass is 10.1. The zero-order valence-electron chi connectivity index (χ0n) is 41.3. The van der Waals surface area contributed by atoms with Gasteiger partial charge < -0.3 is 35.9 Å². The van der Waals surface area contributed by atoms with Gasteiger partial charge in [0.2, 0.25) is 5.28 Å². The lowest BCUT2D eigenvalue weighted by Crippen LogP contribution is -2.27. The van der Waals surface area contributed by atoms with Crippen molar-refractivity contribution in [3.05, 3.63) is 164 Å². The van der Waals surface area contributed by atoms with E-state index in [1.54, 1.807) is 43.7 Å². The molecule has 5 aromatic heterocycles. The number of halogens is 3. The molecule has 0 bridgehead atoms. The van der Waals surface area contributed by atoms with Gasteiger partial charge in [0.05, 0.1) is 30.6 Å². The number of aromatic amines is 1. The summed E-state index contributed by atoms with van der Waals surface area (Å²) in [5.74, 6) is 1.34. The summed E-state index contributed by atoms with van der Waals surface area (Å²) in [5, 5.41) is 22.2. The van der Waals surface area contributed by atoms with Crippen molar-refractivity contribution in [1.29, 1.82) is 0 Å². The van der Waals surface area contributed by atoms with Crippen LogP contribution in [0, 0.1) is 6.92 Å². The maximum atomic E-state index is 12.2. The van der Waals surface area contributed by atoms with E-state index >= 15 is 0 Å². The van der Waals surface area contributed by atoms with E-state index in [-0.39, 0.29) is 11.1 Å². The number of hydrogen-bond acceptors (Lipinski definition) is 15. The zero-order valence-corrected chi connectivity index (χ0v) is 46.1. The molecule has 0 saturated carbocycles. The number of H-pyrrole nitrogens is 1. The van der Waals surface area contributed by atoms with Crippen molar-refractivity contribution >= 4 is 139 Å². The summed E-state index contributed by atoms with van der Waals surface area (Å²) in [5.41, 5.74) is 11.3. The number of nitrogens with two attached hydrogens (primary N) is 1. The first-order valence-electron chi connectivity index (χ1n) is 23.2. The number of hydrogen-bond donors (Lipinski definition) is 5. The summed E-state index contributed by atoms with van der Waals surface area (Å²) in [6.45, 7) is 11.3. The van der Waals surface area contributed by atoms with Crippen LogP contribution in [0.25, 0.3) is 37.5 Å². The van der Waals surface area contributed by atoms with Crippen molar-refractivity contribution in [2.75, 3.05) is 30.4 Å². The second kappa shape index (κ2) is 25.8. The predicted molar refractivity (Wildman–Crippen MR) is 305 cm³/mol. The van der Waals surface area contributed by atoms with Gasteiger partial charge in [-0.05, 0) is 141 Å². The van der Waals surface area contributed by atoms with Crippen molar-refractivity contribution in [2.24, 2.45) is 10.7 Å². The molecule has 4 aromatic carbocycles. The highest BCUT2D eigenvalue weighted by Crippen LogP contribution is 2.29. The number of aromatic nitrogens is 7. The van der Waals surface area contributed by atoms with Crippen LogP contribution in [0.3, 0.4) is 0 Å². The van der Waals surface area contributed by atoms with Gasteiger partial charge in [0.15, 0.2) is 5.78 Å². The highest BCUT2D eigenvalue weighted by Gasteiger charge is 2.20. The predicted octanol–water partition coefficient (Wildman–Crippen LogP) is 13.2. The van der Waals surface area contributed by atoms with Crippen LogP contribution in [-0.2, 0) is 9.47 Å². The molecule has 0 spiro atoms. The number of rotatable bonds is 7. The lowest BCUT2D eigenvalue weighted by Gasteiger charge is -2.19. The average Bonchev–Trinajstić information content (AvgIpc) is 4.23. The van der Waals surface area contributed by atoms with Crippen LogP contribution in [0.2, 0.25) is 5.28 Å². The van der Waals surface area contributed by atoms with Gasteiger partial charge >= 0.3 is 12.1 Å². The van der Waals surface area contributed by atoms with Gasteiger partial charge in [-0.25, -0.2) is 29.5 Å². The average molecular weight is 1180 g/mol. The third-order valence-corrected chi connectivity index (χ3v) is 12.8. The number of anilines is 4. The van der Waals surface area contributed by atoms with Crippen LogP contribution < -0.4 is 16.4 Å². The fourth-order valence-electron chi connectivity index (χ4n) is 7.03. The third kappa shape index (κ3) is 16.6. The quantitative estimate of drug-likeness (QED) is 0.0737. The molecular formula is C54H52Br2ClN11O6S. The Labute approximate surface area is 458 Å². The number of thiophene rings is 1. The first-order valence-corrected chi connectivity index (χ1v) is 26.0. The summed E-state index contributed by atoms with van der Waals surface area (Å²) in [7, 11) is 0. The number of carbonyl (C=O) groups excluding carboxylic acids is 2. The highest BCUT2D eigenvalue weighted by molar-refractivity contribution is 9.10. The van der Waals surface area contributed by atoms with Crippen LogP contribution in [0.1, 0.15) is 65.7 Å². The first kappa shape index (κ1) is 55.5. The van der Waals surface area contributed by atoms with E-state index in [1.807, 2.05) is 107 Å². The molecule has 1 saturated heterocycles. The van der Waals surface area contributed by atoms with E-state index < -0.39 is 17.7 Å². The van der Waals surface area contributed by atoms with E-state index in [0.29, 0.717) is 27.9 Å². The van der Waals surface area contributed by atoms with Gasteiger partial charge in [0.1, 0.15) is 27.9 Å². The standard InChI is InChI=1S/C16H16ClN5O2.C15H14N4.C10H8BrNO.C9H5BrO2S.C4H9NO/c1-16(2,3)24-15(23)22-12-5-4-11(8-10(12)9-19-22)20-13-6-7-18-14(17)21-13;1-11-17-9-7-15(18-11)19-14-4-2-12(3-5-14)13-6-8-16-10-13;1-6(13)9-4-7-2-3-8(11)5-10(7)12-9;10-6-2-1-5-3-8(9(11)12)13-7(5)4-6;5-4-1-2-6-3-4/h4-9H,1-3H3,(H,18,20,21);2-7,9-10H,8H2,1H3,(H,17,18,19);2-5,12H,1H3;1-4H,(H,11,12);4H,1-3,5H2. The van der Waals surface area contributed by atoms with E-state index in [1.165, 1.54) is 27.2 Å². The molecule has 7 heterocycles. The molecule has 21 heteroatoms. The second-order valence-corrected chi connectivity index (χ2v) is 20.9. The molecule has 1 unspecified atom stereocenters. The maximum absolute atomic E-state index is 12.2. The van der Waals surface area contributed by atoms with Gasteiger partial charge in [-0.1, -0.05) is 62.2 Å². The van der Waals surface area contributed by atoms with Crippen molar-refractivity contribution in [3.8, 4) is 0 Å². The summed E-state index contributed by atoms with van der Waals surface area (Å²) in [4.78, 5) is 57.8. The van der Waals surface area contributed by atoms with Crippen molar-refractivity contribution in [2.45, 2.75) is 52.7 Å². The minimum absolute atomic E-state index is 0.0623. The molecule has 6 N–H and O–H groups in total. The van der Waals surface area contributed by atoms with Gasteiger partial charge in [0.25, 0.3) is 0 Å². The molecule has 2 aliphatic heterocycles. The van der Waals surface area contributed by atoms with Crippen LogP contribution >= 0.6 is 54.8 Å². The van der Waals surface area contributed by atoms with E-state index in [4.69, 9.17) is 31.9 Å². The van der Waals surface area contributed by atoms with Crippen molar-refractivity contribution in [3.63, 3.8) is 0 Å². The van der Waals surface area contributed by atoms with Gasteiger partial charge in [-0.3, -0.25) is 9.79 Å². The molecule has 11 rings (SSSR count). The largest absolute Gasteiger partial charge is 0.477 e. The summed E-state index contributed by atoms with van der Waals surface area (Å²) in [6, 6.07) is 32.8. The molecular weight excluding hydrogens is 1130 g/mol. The normalized spacial score (nSPS) is 13.5. The number of benzene rings is 4. The fraction of sp³-hybridized carbons (Fsp3) is 0.204. The third-order valence-electron chi connectivity index (χ3n) is 10.6. The molecule has 17 nitrogen and oxygen atoms in total. The number of carboxylic acids is 1. The molecule has 9 aromatic rings. The number of allylic oxidation sites excluding steroid dienone is 1. The molecule has 0 amide bonds. The fourth-order valence-corrected chi connectivity index (χ4v) is 8.99. The summed E-state index contributed by atoms with van der Waals surface area (Å²) >= 11 is 13.8. The van der Waals surface area contributed by atoms with Crippen molar-refractivity contribution in [1.82, 2.24) is 34.7 Å². The Morgan fingerprint density at radius 1 is 0.867 bits per heavy atom. The number of aliphatic imine (C=N–C) groups is 1. The Hall–Kier alpha value is -7.20. The number of aryl methyl sites for hydroxylation is 1. The molecule has 2 aliphatic rings. The first-order chi connectivity index (χ1) is 35.8. The van der Waals surface area contributed by atoms with E-state index in [2.05, 4.69) is 95.7 Å². The Morgan fingerprint density at radius 2 is 1.56 bits per heavy atom. The van der Waals surface area contributed by atoms with Gasteiger partial charge in [-0.15, -0.1) is 11.3 Å². The zero-order chi connectivity index (χ0) is 53.6. The van der Waals surface area contributed by atoms with Crippen molar-refractivity contribution < 1.29 is 29.0 Å². The minimum Gasteiger partial charge on any atom is -0.477 e. The number of ketones is 1. The Morgan fingerprint density at radius 3 is 2.19 bits per heavy atom. The topological polar surface area (TPSA) is 238 Å². The molecule has 75 heavy (non-hydrogen) atoms. The van der Waals surface area contributed by atoms with Crippen LogP contribution in [0.15, 0.2) is 142 Å². The molecule has 0 aliphatic carbocycles. The van der Waals surface area contributed by atoms with E-state index in [0.717, 1.165) is 84.5 Å². The number of Topliss-reactive ketones (excluding diaryl/α,β-unsaturated/α-hetero) is 1. The van der Waals surface area contributed by atoms with E-state index in [9.17, 15) is 14.4 Å². The number of nitrogens with one attached hydrogen (secondary N) is 3. The lowest BCUT2D eigenvalue weighted by molar-refractivity contribution is 0.0522. The minimum atomic E-state index is -0.864. The SMILES string of the molecule is CC(=O)c1cc2ccc(Br)cc2[nH]1.CC(C)(C)OC(=O)n1ncc2cc(Nc3ccnc(Cl)n3)ccc21.Cc1nccc(Nc2ccc(C3=CCN=C3)cc2)n1.NC1CCOC1.O=C(O)c1cc2ccc(Br)cc2s1. The van der Waals surface area contributed by atoms with Crippen LogP contribution in [-0.4, -0.2) is 95.3 Å². The monoisotopic (exact) mass is 1180 g/mol. The van der Waals surface area contributed by atoms with Gasteiger partial charge in [-0.2, -0.15) is 9.78 Å². The maximum Gasteiger partial charge on any atom is 0.435 e. The number of nitrogens with zero attached hydrogens (tertiary/aromatic N) is 7.